The molecule has 4 aromatic rings. The predicted octanol–water partition coefficient (Wildman–Crippen LogP) is 4.86. The molecule has 1 N–H and O–H groups in total. The number of aryl methyl sites for hydroxylation is 4. The molecule has 0 aliphatic carbocycles. The summed E-state index contributed by atoms with van der Waals surface area (Å²) in [4.78, 5) is 31.7. The maximum Gasteiger partial charge on any atom is 0.265 e. The summed E-state index contributed by atoms with van der Waals surface area (Å²) in [6, 6.07) is 14.0. The lowest BCUT2D eigenvalue weighted by Crippen LogP contribution is -2.20. The Kier molecular flexibility index (Phi) is 5.22. The Bertz CT molecular complexity index is 1320. The van der Waals surface area contributed by atoms with Gasteiger partial charge in [-0.25, -0.2) is 4.98 Å². The SMILES string of the molecule is Cc1ccc(Sc2ccc(NC(=O)c3c(C)oc4ncn(C)c(=O)c34)cc2)c(C)c1. The van der Waals surface area contributed by atoms with E-state index >= 15 is 0 Å². The molecule has 2 heterocycles. The highest BCUT2D eigenvalue weighted by Gasteiger charge is 2.22. The first-order valence-corrected chi connectivity index (χ1v) is 10.3. The molecule has 30 heavy (non-hydrogen) atoms. The number of nitrogens with one attached hydrogen (secondary N) is 1. The molecule has 0 radical (unpaired) electrons. The van der Waals surface area contributed by atoms with E-state index in [0.29, 0.717) is 11.4 Å². The quantitative estimate of drug-likeness (QED) is 0.511. The number of hydrogen-bond acceptors (Lipinski definition) is 5. The molecule has 1 amide bonds. The van der Waals surface area contributed by atoms with Crippen LogP contribution in [0, 0.1) is 20.8 Å². The van der Waals surface area contributed by atoms with Crippen LogP contribution in [0.15, 0.2) is 67.8 Å². The third-order valence-electron chi connectivity index (χ3n) is 4.85. The zero-order valence-electron chi connectivity index (χ0n) is 17.1. The normalized spacial score (nSPS) is 11.1. The number of benzene rings is 2. The van der Waals surface area contributed by atoms with Gasteiger partial charge in [-0.2, -0.15) is 0 Å². The first-order chi connectivity index (χ1) is 14.3. The molecular weight excluding hydrogens is 398 g/mol. The number of carbonyl (C=O) groups excluding carboxylic acids is 1. The van der Waals surface area contributed by atoms with Crippen molar-refractivity contribution in [2.24, 2.45) is 7.05 Å². The van der Waals surface area contributed by atoms with Crippen molar-refractivity contribution >= 4 is 34.5 Å². The van der Waals surface area contributed by atoms with Gasteiger partial charge in [-0.15, -0.1) is 0 Å². The Hall–Kier alpha value is -3.32. The van der Waals surface area contributed by atoms with E-state index in [2.05, 4.69) is 42.3 Å². The van der Waals surface area contributed by atoms with Crippen LogP contribution in [0.5, 0.6) is 0 Å². The number of hydrogen-bond donors (Lipinski definition) is 1. The van der Waals surface area contributed by atoms with Gasteiger partial charge in [0.05, 0.1) is 5.56 Å². The molecule has 2 aromatic carbocycles. The highest BCUT2D eigenvalue weighted by Crippen LogP contribution is 2.31. The summed E-state index contributed by atoms with van der Waals surface area (Å²) in [5, 5.41) is 3.04. The van der Waals surface area contributed by atoms with Crippen molar-refractivity contribution in [3.63, 3.8) is 0 Å². The molecule has 0 unspecified atom stereocenters. The van der Waals surface area contributed by atoms with Gasteiger partial charge in [0.15, 0.2) is 0 Å². The second kappa shape index (κ2) is 7.84. The molecule has 0 bridgehead atoms. The second-order valence-corrected chi connectivity index (χ2v) is 8.34. The van der Waals surface area contributed by atoms with Crippen LogP contribution in [-0.4, -0.2) is 15.5 Å². The van der Waals surface area contributed by atoms with Gasteiger partial charge >= 0.3 is 0 Å². The highest BCUT2D eigenvalue weighted by molar-refractivity contribution is 7.99. The number of amides is 1. The average Bonchev–Trinajstić information content (AvgIpc) is 3.05. The number of furan rings is 1. The molecule has 0 saturated carbocycles. The van der Waals surface area contributed by atoms with Gasteiger partial charge in [0.1, 0.15) is 17.5 Å². The third kappa shape index (κ3) is 3.76. The number of fused-ring (bicyclic) bond motifs is 1. The van der Waals surface area contributed by atoms with Crippen LogP contribution in [0.3, 0.4) is 0 Å². The lowest BCUT2D eigenvalue weighted by atomic mass is 10.1. The van der Waals surface area contributed by atoms with Crippen molar-refractivity contribution in [3.8, 4) is 0 Å². The summed E-state index contributed by atoms with van der Waals surface area (Å²) in [6.45, 7) is 5.83. The van der Waals surface area contributed by atoms with E-state index in [9.17, 15) is 9.59 Å². The zero-order valence-corrected chi connectivity index (χ0v) is 18.0. The lowest BCUT2D eigenvalue weighted by molar-refractivity contribution is 0.102. The highest BCUT2D eigenvalue weighted by atomic mass is 32.2. The number of rotatable bonds is 4. The predicted molar refractivity (Wildman–Crippen MR) is 118 cm³/mol. The van der Waals surface area contributed by atoms with Gasteiger partial charge < -0.3 is 14.3 Å². The van der Waals surface area contributed by atoms with Crippen LogP contribution in [0.1, 0.15) is 27.2 Å². The van der Waals surface area contributed by atoms with Gasteiger partial charge in [0.25, 0.3) is 11.5 Å². The van der Waals surface area contributed by atoms with Gasteiger partial charge in [0, 0.05) is 22.5 Å². The van der Waals surface area contributed by atoms with Crippen molar-refractivity contribution in [2.75, 3.05) is 5.32 Å². The van der Waals surface area contributed by atoms with E-state index in [1.807, 2.05) is 24.3 Å². The summed E-state index contributed by atoms with van der Waals surface area (Å²) in [5.74, 6) is -0.0357. The fraction of sp³-hybridized carbons (Fsp3) is 0.174. The van der Waals surface area contributed by atoms with E-state index in [-0.39, 0.29) is 22.2 Å². The largest absolute Gasteiger partial charge is 0.442 e. The number of nitrogens with zero attached hydrogens (tertiary/aromatic N) is 2. The van der Waals surface area contributed by atoms with Crippen molar-refractivity contribution < 1.29 is 9.21 Å². The van der Waals surface area contributed by atoms with E-state index in [0.717, 1.165) is 4.90 Å². The minimum Gasteiger partial charge on any atom is -0.442 e. The summed E-state index contributed by atoms with van der Waals surface area (Å²) < 4.78 is 6.84. The molecule has 0 spiro atoms. The Morgan fingerprint density at radius 1 is 1.10 bits per heavy atom. The molecular formula is C23H21N3O3S. The van der Waals surface area contributed by atoms with Gasteiger partial charge in [0.2, 0.25) is 5.71 Å². The fourth-order valence-electron chi connectivity index (χ4n) is 3.30. The molecule has 2 aromatic heterocycles. The lowest BCUT2D eigenvalue weighted by Gasteiger charge is -2.08. The summed E-state index contributed by atoms with van der Waals surface area (Å²) in [7, 11) is 1.59. The van der Waals surface area contributed by atoms with Gasteiger partial charge in [-0.3, -0.25) is 9.59 Å². The van der Waals surface area contributed by atoms with Crippen molar-refractivity contribution in [2.45, 2.75) is 30.6 Å². The summed E-state index contributed by atoms with van der Waals surface area (Å²) >= 11 is 1.68. The van der Waals surface area contributed by atoms with Crippen molar-refractivity contribution in [3.05, 3.63) is 81.6 Å². The fourth-order valence-corrected chi connectivity index (χ4v) is 4.18. The van der Waals surface area contributed by atoms with Gasteiger partial charge in [-0.05, 0) is 56.7 Å². The molecule has 0 atom stereocenters. The molecule has 0 fully saturated rings. The van der Waals surface area contributed by atoms with Gasteiger partial charge in [-0.1, -0.05) is 29.5 Å². The first kappa shape index (κ1) is 20.0. The van der Waals surface area contributed by atoms with Crippen molar-refractivity contribution in [1.82, 2.24) is 9.55 Å². The van der Waals surface area contributed by atoms with E-state index in [1.54, 1.807) is 25.7 Å². The number of anilines is 1. The van der Waals surface area contributed by atoms with Crippen LogP contribution >= 0.6 is 11.8 Å². The van der Waals surface area contributed by atoms with E-state index in [1.165, 1.54) is 26.9 Å². The number of aromatic nitrogens is 2. The molecule has 0 saturated heterocycles. The Balaban J connectivity index is 1.56. The van der Waals surface area contributed by atoms with Crippen LogP contribution in [0.2, 0.25) is 0 Å². The Morgan fingerprint density at radius 3 is 2.53 bits per heavy atom. The van der Waals surface area contributed by atoms with E-state index in [4.69, 9.17) is 4.42 Å². The van der Waals surface area contributed by atoms with Crippen LogP contribution in [0.4, 0.5) is 5.69 Å². The summed E-state index contributed by atoms with van der Waals surface area (Å²) in [5.41, 5.74) is 3.17. The van der Waals surface area contributed by atoms with E-state index < -0.39 is 5.91 Å². The first-order valence-electron chi connectivity index (χ1n) is 9.44. The smallest absolute Gasteiger partial charge is 0.265 e. The standard InChI is InChI=1S/C23H21N3O3S/c1-13-5-10-18(14(2)11-13)30-17-8-6-16(7-9-17)25-21(27)19-15(3)29-22-20(19)23(28)26(4)12-24-22/h5-12H,1-4H3,(H,25,27). The topological polar surface area (TPSA) is 77.1 Å². The third-order valence-corrected chi connectivity index (χ3v) is 6.03. The molecule has 7 heteroatoms. The Labute approximate surface area is 177 Å². The van der Waals surface area contributed by atoms with Crippen LogP contribution in [0.25, 0.3) is 11.1 Å². The van der Waals surface area contributed by atoms with Crippen LogP contribution < -0.4 is 10.9 Å². The zero-order chi connectivity index (χ0) is 21.4. The maximum absolute atomic E-state index is 12.9. The molecule has 152 valence electrons. The average molecular weight is 420 g/mol. The minimum absolute atomic E-state index is 0.168. The molecule has 0 aliphatic heterocycles. The monoisotopic (exact) mass is 419 g/mol. The van der Waals surface area contributed by atoms with Crippen LogP contribution in [-0.2, 0) is 7.05 Å². The number of carbonyl (C=O) groups is 1. The molecule has 0 aliphatic rings. The van der Waals surface area contributed by atoms with Crippen molar-refractivity contribution in [1.29, 1.82) is 0 Å². The molecule has 6 nitrogen and oxygen atoms in total. The minimum atomic E-state index is -0.397. The molecule has 4 rings (SSSR count). The summed E-state index contributed by atoms with van der Waals surface area (Å²) in [6.07, 6.45) is 1.38. The second-order valence-electron chi connectivity index (χ2n) is 7.22. The maximum atomic E-state index is 12.9. The Morgan fingerprint density at radius 2 is 1.83 bits per heavy atom.